The van der Waals surface area contributed by atoms with E-state index < -0.39 is 0 Å². The first-order valence-corrected chi connectivity index (χ1v) is 12.4. The van der Waals surface area contributed by atoms with Crippen molar-refractivity contribution in [3.05, 3.63) is 53.1 Å². The van der Waals surface area contributed by atoms with Crippen LogP contribution in [0, 0.1) is 5.92 Å². The molecule has 2 aliphatic heterocycles. The lowest BCUT2D eigenvalue weighted by atomic mass is 10.1. The van der Waals surface area contributed by atoms with Crippen molar-refractivity contribution in [2.24, 2.45) is 11.1 Å². The van der Waals surface area contributed by atoms with Crippen LogP contribution in [0.25, 0.3) is 0 Å². The van der Waals surface area contributed by atoms with Gasteiger partial charge in [-0.1, -0.05) is 28.9 Å². The molecule has 2 amide bonds. The fraction of sp³-hybridized carbons (Fsp3) is 0.423. The molecule has 4 rings (SSSR count). The van der Waals surface area contributed by atoms with Crippen molar-refractivity contribution in [1.29, 1.82) is 0 Å². The molecule has 36 heavy (non-hydrogen) atoms. The Morgan fingerprint density at radius 3 is 2.50 bits per heavy atom. The summed E-state index contributed by atoms with van der Waals surface area (Å²) >= 11 is 5.92. The van der Waals surface area contributed by atoms with Crippen LogP contribution in [0.1, 0.15) is 18.9 Å². The molecule has 2 aromatic carbocycles. The number of benzene rings is 2. The number of carbonyl (C=O) groups is 2. The molecule has 0 bridgehead atoms. The Labute approximate surface area is 216 Å². The highest BCUT2D eigenvalue weighted by atomic mass is 35.5. The van der Waals surface area contributed by atoms with Crippen LogP contribution in [0.5, 0.6) is 5.75 Å². The maximum Gasteiger partial charge on any atom is 0.236 e. The molecule has 2 N–H and O–H groups in total. The molecule has 2 heterocycles. The van der Waals surface area contributed by atoms with Gasteiger partial charge in [0, 0.05) is 44.1 Å². The molecule has 9 nitrogen and oxygen atoms in total. The van der Waals surface area contributed by atoms with E-state index in [-0.39, 0.29) is 28.5 Å². The molecular weight excluding hydrogens is 482 g/mol. The molecule has 10 heteroatoms. The van der Waals surface area contributed by atoms with Gasteiger partial charge < -0.3 is 25.1 Å². The third-order valence-corrected chi connectivity index (χ3v) is 7.03. The highest BCUT2D eigenvalue weighted by molar-refractivity contribution is 6.32. The number of nitrogens with zero attached hydrogens (tertiary/aromatic N) is 4. The summed E-state index contributed by atoms with van der Waals surface area (Å²) in [6, 6.07) is 12.8. The number of phenolic OH excluding ortho intramolecular Hbond substituents is 1. The predicted molar refractivity (Wildman–Crippen MR) is 141 cm³/mol. The van der Waals surface area contributed by atoms with E-state index in [0.29, 0.717) is 44.8 Å². The van der Waals surface area contributed by atoms with Gasteiger partial charge in [-0.05, 0) is 55.8 Å². The summed E-state index contributed by atoms with van der Waals surface area (Å²) in [5, 5.41) is 16.5. The van der Waals surface area contributed by atoms with Crippen LogP contribution in [0.4, 0.5) is 11.4 Å². The number of rotatable bonds is 7. The van der Waals surface area contributed by atoms with Crippen molar-refractivity contribution >= 4 is 40.5 Å². The Kier molecular flexibility index (Phi) is 8.32. The largest absolute Gasteiger partial charge is 0.506 e. The molecule has 192 valence electrons. The van der Waals surface area contributed by atoms with Crippen molar-refractivity contribution in [2.45, 2.75) is 13.3 Å². The van der Waals surface area contributed by atoms with Gasteiger partial charge in [0.25, 0.3) is 0 Å². The fourth-order valence-electron chi connectivity index (χ4n) is 4.63. The molecule has 0 aromatic heterocycles. The van der Waals surface area contributed by atoms with Gasteiger partial charge >= 0.3 is 0 Å². The third kappa shape index (κ3) is 6.27. The minimum atomic E-state index is -0.192. The van der Waals surface area contributed by atoms with Gasteiger partial charge in [-0.2, -0.15) is 0 Å². The Morgan fingerprint density at radius 1 is 1.11 bits per heavy atom. The van der Waals surface area contributed by atoms with Crippen LogP contribution in [-0.2, 0) is 14.4 Å². The monoisotopic (exact) mass is 513 g/mol. The minimum absolute atomic E-state index is 0.0260. The Hall–Kier alpha value is -3.30. The summed E-state index contributed by atoms with van der Waals surface area (Å²) in [6.45, 7) is 6.37. The molecule has 2 fully saturated rings. The van der Waals surface area contributed by atoms with Crippen LogP contribution in [-0.4, -0.2) is 85.4 Å². The molecule has 0 radical (unpaired) electrons. The minimum Gasteiger partial charge on any atom is -0.506 e. The topological polar surface area (TPSA) is 97.7 Å². The van der Waals surface area contributed by atoms with Gasteiger partial charge in [0.15, 0.2) is 0 Å². The first-order valence-electron chi connectivity index (χ1n) is 12.1. The van der Waals surface area contributed by atoms with Gasteiger partial charge in [-0.15, -0.1) is 0 Å². The average molecular weight is 514 g/mol. The van der Waals surface area contributed by atoms with Gasteiger partial charge in [-0.3, -0.25) is 14.5 Å². The Morgan fingerprint density at radius 2 is 1.83 bits per heavy atom. The lowest BCUT2D eigenvalue weighted by Gasteiger charge is -2.36. The smallest absolute Gasteiger partial charge is 0.236 e. The van der Waals surface area contributed by atoms with E-state index >= 15 is 0 Å². The van der Waals surface area contributed by atoms with Crippen molar-refractivity contribution in [2.75, 3.05) is 63.1 Å². The lowest BCUT2D eigenvalue weighted by Crippen LogP contribution is -2.51. The zero-order valence-corrected chi connectivity index (χ0v) is 21.4. The number of hydrogen-bond acceptors (Lipinski definition) is 7. The molecular formula is C26H32ClN5O4. The number of halogens is 1. The summed E-state index contributed by atoms with van der Waals surface area (Å²) < 4.78 is 0. The van der Waals surface area contributed by atoms with E-state index in [1.165, 1.54) is 19.2 Å². The van der Waals surface area contributed by atoms with Crippen LogP contribution >= 0.6 is 11.6 Å². The number of nitrogens with one attached hydrogen (secondary N) is 1. The second-order valence-corrected chi connectivity index (χ2v) is 9.56. The number of likely N-dealkylation sites (tertiary alicyclic amines) is 1. The zero-order valence-electron chi connectivity index (χ0n) is 20.6. The predicted octanol–water partition coefficient (Wildman–Crippen LogP) is 3.03. The summed E-state index contributed by atoms with van der Waals surface area (Å²) in [5.74, 6) is -0.220. The first-order chi connectivity index (χ1) is 17.3. The normalized spacial score (nSPS) is 18.9. The van der Waals surface area contributed by atoms with Crippen LogP contribution in [0.3, 0.4) is 0 Å². The van der Waals surface area contributed by atoms with E-state index in [9.17, 15) is 14.7 Å². The highest BCUT2D eigenvalue weighted by Gasteiger charge is 2.31. The summed E-state index contributed by atoms with van der Waals surface area (Å²) in [6.07, 6.45) is 0.698. The van der Waals surface area contributed by atoms with E-state index in [1.807, 2.05) is 28.9 Å². The Balaban J connectivity index is 1.22. The van der Waals surface area contributed by atoms with Crippen molar-refractivity contribution in [1.82, 2.24) is 9.80 Å². The molecule has 0 saturated carbocycles. The number of oxime groups is 1. The summed E-state index contributed by atoms with van der Waals surface area (Å²) in [4.78, 5) is 36.6. The van der Waals surface area contributed by atoms with E-state index in [4.69, 9.17) is 16.4 Å². The molecule has 2 aliphatic rings. The number of aromatic hydroxyl groups is 1. The summed E-state index contributed by atoms with van der Waals surface area (Å²) in [7, 11) is 1.54. The van der Waals surface area contributed by atoms with Gasteiger partial charge in [0.2, 0.25) is 11.8 Å². The molecule has 1 unspecified atom stereocenters. The average Bonchev–Trinajstić information content (AvgIpc) is 3.35. The summed E-state index contributed by atoms with van der Waals surface area (Å²) in [5.41, 5.74) is 3.51. The van der Waals surface area contributed by atoms with Crippen molar-refractivity contribution in [3.8, 4) is 5.75 Å². The lowest BCUT2D eigenvalue weighted by molar-refractivity contribution is -0.132. The second-order valence-electron chi connectivity index (χ2n) is 9.15. The van der Waals surface area contributed by atoms with Gasteiger partial charge in [-0.25, -0.2) is 0 Å². The number of phenols is 1. The quantitative estimate of drug-likeness (QED) is 0.335. The SMILES string of the molecule is CON=C(C)c1ccc(N2CCN(C(=O)CN3CCC(C(=O)Nc4ccc(O)c(Cl)c4)C3)CC2)cc1. The number of amides is 2. The van der Waals surface area contributed by atoms with E-state index in [2.05, 4.69) is 27.5 Å². The molecule has 2 saturated heterocycles. The maximum absolute atomic E-state index is 12.9. The number of piperazine rings is 1. The van der Waals surface area contributed by atoms with Crippen molar-refractivity contribution < 1.29 is 19.5 Å². The van der Waals surface area contributed by atoms with Crippen LogP contribution in [0.2, 0.25) is 5.02 Å². The molecule has 0 aliphatic carbocycles. The van der Waals surface area contributed by atoms with E-state index in [0.717, 1.165) is 30.1 Å². The van der Waals surface area contributed by atoms with E-state index in [1.54, 1.807) is 6.07 Å². The molecule has 1 atom stereocenters. The van der Waals surface area contributed by atoms with Crippen LogP contribution in [0.15, 0.2) is 47.6 Å². The number of anilines is 2. The molecule has 2 aromatic rings. The molecule has 0 spiro atoms. The number of carbonyl (C=O) groups excluding carboxylic acids is 2. The maximum atomic E-state index is 12.9. The number of hydrogen-bond donors (Lipinski definition) is 2. The van der Waals surface area contributed by atoms with Crippen molar-refractivity contribution in [3.63, 3.8) is 0 Å². The van der Waals surface area contributed by atoms with Gasteiger partial charge in [0.1, 0.15) is 12.9 Å². The van der Waals surface area contributed by atoms with Crippen LogP contribution < -0.4 is 10.2 Å². The van der Waals surface area contributed by atoms with Gasteiger partial charge in [0.05, 0.1) is 23.2 Å². The third-order valence-electron chi connectivity index (χ3n) is 6.73. The standard InChI is InChI=1S/C26H32ClN5O4/c1-18(29-36-2)19-3-6-22(7-4-19)31-11-13-32(14-12-31)25(34)17-30-10-9-20(16-30)26(35)28-21-5-8-24(33)23(27)15-21/h3-8,15,20,33H,9-14,16-17H2,1-2H3,(H,28,35). The zero-order chi connectivity index (χ0) is 25.7. The fourth-order valence-corrected chi connectivity index (χ4v) is 4.81. The Bertz CT molecular complexity index is 1120. The first kappa shape index (κ1) is 25.8. The second kappa shape index (κ2) is 11.6. The highest BCUT2D eigenvalue weighted by Crippen LogP contribution is 2.27.